The Bertz CT molecular complexity index is 1410. The molecular weight excluding hydrogens is 578 g/mol. The van der Waals surface area contributed by atoms with Crippen LogP contribution in [0.4, 0.5) is 0 Å². The Hall–Kier alpha value is -3.18. The van der Waals surface area contributed by atoms with Crippen LogP contribution in [0.2, 0.25) is 0 Å². The third-order valence-corrected chi connectivity index (χ3v) is 12.0. The first-order valence-electron chi connectivity index (χ1n) is 15.8. The Labute approximate surface area is 263 Å². The van der Waals surface area contributed by atoms with Crippen molar-refractivity contribution >= 4 is 40.6 Å². The van der Waals surface area contributed by atoms with Gasteiger partial charge in [0.2, 0.25) is 11.8 Å². The molecule has 44 heavy (non-hydrogen) atoms. The van der Waals surface area contributed by atoms with Crippen molar-refractivity contribution in [3.05, 3.63) is 49.6 Å². The smallest absolute Gasteiger partial charge is 0.311 e. The molecule has 2 unspecified atom stereocenters. The first-order valence-corrected chi connectivity index (χ1v) is 16.6. The van der Waals surface area contributed by atoms with Gasteiger partial charge in [-0.25, -0.2) is 4.68 Å². The average molecular weight is 624 g/mol. The molecule has 238 valence electrons. The average Bonchev–Trinajstić information content (AvgIpc) is 3.72. The second-order valence-electron chi connectivity index (χ2n) is 12.6. The first kappa shape index (κ1) is 32.2. The van der Waals surface area contributed by atoms with Gasteiger partial charge in [0.25, 0.3) is 0 Å². The number of hydrogen-bond donors (Lipinski definition) is 1. The summed E-state index contributed by atoms with van der Waals surface area (Å²) < 4.78 is 6.12. The number of aliphatic hydroxyl groups is 1. The maximum Gasteiger partial charge on any atom is 0.311 e. The highest BCUT2D eigenvalue weighted by Gasteiger charge is 2.78. The predicted molar refractivity (Wildman–Crippen MR) is 170 cm³/mol. The fraction of sp³-hybridized carbons (Fsp3) is 0.606. The Morgan fingerprint density at radius 2 is 2.02 bits per heavy atom. The van der Waals surface area contributed by atoms with Crippen molar-refractivity contribution in [1.82, 2.24) is 24.8 Å². The zero-order valence-corrected chi connectivity index (χ0v) is 26.9. The number of carbonyl (C=O) groups is 3. The summed E-state index contributed by atoms with van der Waals surface area (Å²) in [7, 11) is 0. The zero-order valence-electron chi connectivity index (χ0n) is 26.1. The number of para-hydroxylation sites is 1. The van der Waals surface area contributed by atoms with E-state index in [-0.39, 0.29) is 50.1 Å². The van der Waals surface area contributed by atoms with E-state index in [9.17, 15) is 19.5 Å². The highest BCUT2D eigenvalue weighted by molar-refractivity contribution is 8.02. The van der Waals surface area contributed by atoms with Gasteiger partial charge in [0.15, 0.2) is 0 Å². The van der Waals surface area contributed by atoms with Gasteiger partial charge in [-0.1, -0.05) is 49.8 Å². The van der Waals surface area contributed by atoms with Crippen LogP contribution in [0.15, 0.2) is 49.6 Å². The number of allylic oxidation sites excluding steroid dienone is 1. The second-order valence-corrected chi connectivity index (χ2v) is 14.5. The maximum absolute atomic E-state index is 14.9. The molecule has 1 aromatic heterocycles. The van der Waals surface area contributed by atoms with Crippen molar-refractivity contribution in [2.75, 3.05) is 19.8 Å². The highest BCUT2D eigenvalue weighted by Crippen LogP contribution is 2.72. The van der Waals surface area contributed by atoms with E-state index in [0.717, 1.165) is 36.7 Å². The maximum atomic E-state index is 14.9. The lowest BCUT2D eigenvalue weighted by atomic mass is 9.66. The van der Waals surface area contributed by atoms with E-state index >= 15 is 0 Å². The lowest BCUT2D eigenvalue weighted by Gasteiger charge is -2.41. The standard InChI is InChI=1S/C33H45N5O5S/c1-6-9-10-13-19-43-31(42)27-26-29(40)38(25(20-39)22(4)8-3)28(33(26)17-16-32(27,5)44-33)30(41)36(18-7-2)21-37-24-15-12-11-14-23(24)34-35-37/h6-7,11-12,14-15,22,25-28,39H,1-2,8-10,13,16-21H2,3-5H3/t22-,25-,26-,27-,28?,32+,33?/m0/s1. The van der Waals surface area contributed by atoms with Gasteiger partial charge in [0.1, 0.15) is 18.2 Å². The van der Waals surface area contributed by atoms with Crippen LogP contribution in [-0.4, -0.2) is 89.0 Å². The molecule has 3 saturated heterocycles. The Kier molecular flexibility index (Phi) is 9.55. The number of rotatable bonds is 15. The van der Waals surface area contributed by atoms with Crippen LogP contribution in [0.3, 0.4) is 0 Å². The van der Waals surface area contributed by atoms with E-state index in [1.165, 1.54) is 0 Å². The van der Waals surface area contributed by atoms with E-state index in [4.69, 9.17) is 4.74 Å². The number of nitrogens with zero attached hydrogens (tertiary/aromatic N) is 5. The van der Waals surface area contributed by atoms with Gasteiger partial charge in [0, 0.05) is 11.3 Å². The summed E-state index contributed by atoms with van der Waals surface area (Å²) in [5.74, 6) is -2.29. The Morgan fingerprint density at radius 1 is 1.25 bits per heavy atom. The van der Waals surface area contributed by atoms with Crippen molar-refractivity contribution in [3.8, 4) is 0 Å². The largest absolute Gasteiger partial charge is 0.465 e. The summed E-state index contributed by atoms with van der Waals surface area (Å²) in [5, 5.41) is 19.2. The molecule has 2 bridgehead atoms. The van der Waals surface area contributed by atoms with Crippen LogP contribution in [0.1, 0.15) is 59.3 Å². The van der Waals surface area contributed by atoms with Crippen molar-refractivity contribution in [1.29, 1.82) is 0 Å². The molecule has 1 spiro atoms. The van der Waals surface area contributed by atoms with Gasteiger partial charge in [-0.15, -0.1) is 30.0 Å². The molecule has 0 saturated carbocycles. The van der Waals surface area contributed by atoms with Crippen molar-refractivity contribution < 1.29 is 24.2 Å². The van der Waals surface area contributed by atoms with Crippen molar-refractivity contribution in [2.45, 2.75) is 87.5 Å². The molecule has 3 aliphatic rings. The first-order chi connectivity index (χ1) is 21.2. The fourth-order valence-corrected chi connectivity index (χ4v) is 9.88. The minimum absolute atomic E-state index is 0.0605. The molecule has 3 aliphatic heterocycles. The Balaban J connectivity index is 1.52. The van der Waals surface area contributed by atoms with E-state index in [0.29, 0.717) is 12.8 Å². The van der Waals surface area contributed by atoms with E-state index in [1.807, 2.05) is 51.1 Å². The van der Waals surface area contributed by atoms with Crippen molar-refractivity contribution in [3.63, 3.8) is 0 Å². The molecule has 7 atom stereocenters. The van der Waals surface area contributed by atoms with Crippen LogP contribution in [0.5, 0.6) is 0 Å². The van der Waals surface area contributed by atoms with E-state index in [1.54, 1.807) is 32.3 Å². The van der Waals surface area contributed by atoms with Crippen LogP contribution < -0.4 is 0 Å². The summed E-state index contributed by atoms with van der Waals surface area (Å²) in [6.45, 7) is 14.1. The van der Waals surface area contributed by atoms with Gasteiger partial charge < -0.3 is 19.6 Å². The van der Waals surface area contributed by atoms with E-state index < -0.39 is 33.4 Å². The van der Waals surface area contributed by atoms with Crippen LogP contribution in [-0.2, 0) is 25.8 Å². The number of carbonyl (C=O) groups excluding carboxylic acids is 3. The lowest BCUT2D eigenvalue weighted by molar-refractivity contribution is -0.156. The fourth-order valence-electron chi connectivity index (χ4n) is 7.56. The molecule has 2 aromatic rings. The number of fused-ring (bicyclic) bond motifs is 2. The SMILES string of the molecule is C=CCCCCOC(=O)[C@@H]1[C@H]2C(=O)N([C@@H](CO)[C@@H](C)CC)C(C(=O)N(CC=C)Cn3nnc4ccccc43)C23CC[C@@]1(C)S3. The molecule has 11 heteroatoms. The second kappa shape index (κ2) is 13.0. The van der Waals surface area contributed by atoms with Crippen molar-refractivity contribution in [2.24, 2.45) is 17.8 Å². The minimum Gasteiger partial charge on any atom is -0.465 e. The molecule has 10 nitrogen and oxygen atoms in total. The van der Waals surface area contributed by atoms with E-state index in [2.05, 4.69) is 23.5 Å². The number of likely N-dealkylation sites (tertiary alicyclic amines) is 1. The molecule has 4 heterocycles. The number of aromatic nitrogens is 3. The van der Waals surface area contributed by atoms with Gasteiger partial charge >= 0.3 is 5.97 Å². The quantitative estimate of drug-likeness (QED) is 0.178. The number of amides is 2. The molecule has 3 fully saturated rings. The summed E-state index contributed by atoms with van der Waals surface area (Å²) in [6, 6.07) is 6.12. The summed E-state index contributed by atoms with van der Waals surface area (Å²) in [5.41, 5.74) is 1.51. The third kappa shape index (κ3) is 5.36. The number of hydrogen-bond acceptors (Lipinski definition) is 8. The molecule has 2 amide bonds. The lowest BCUT2D eigenvalue weighted by Crippen LogP contribution is -2.58. The topological polar surface area (TPSA) is 118 Å². The van der Waals surface area contributed by atoms with Gasteiger partial charge in [0.05, 0.1) is 41.4 Å². The molecule has 0 aliphatic carbocycles. The van der Waals surface area contributed by atoms with Crippen LogP contribution in [0, 0.1) is 17.8 Å². The Morgan fingerprint density at radius 3 is 2.73 bits per heavy atom. The number of esters is 1. The van der Waals surface area contributed by atoms with Gasteiger partial charge in [-0.2, -0.15) is 0 Å². The number of unbranched alkanes of at least 4 members (excludes halogenated alkanes) is 2. The third-order valence-electron chi connectivity index (χ3n) is 9.98. The summed E-state index contributed by atoms with van der Waals surface area (Å²) in [6.07, 6.45) is 7.98. The van der Waals surface area contributed by atoms with Gasteiger partial charge in [-0.3, -0.25) is 14.4 Å². The normalized spacial score (nSPS) is 28.6. The highest BCUT2D eigenvalue weighted by atomic mass is 32.2. The molecule has 1 aromatic carbocycles. The summed E-state index contributed by atoms with van der Waals surface area (Å²) in [4.78, 5) is 46.5. The van der Waals surface area contributed by atoms with Crippen LogP contribution >= 0.6 is 11.8 Å². The number of aliphatic hydroxyl groups excluding tert-OH is 1. The molecule has 0 radical (unpaired) electrons. The minimum atomic E-state index is -0.863. The zero-order chi connectivity index (χ0) is 31.6. The molecule has 5 rings (SSSR count). The molecule has 1 N–H and O–H groups in total. The summed E-state index contributed by atoms with van der Waals surface area (Å²) >= 11 is 1.61. The van der Waals surface area contributed by atoms with Crippen LogP contribution in [0.25, 0.3) is 11.0 Å². The predicted octanol–water partition coefficient (Wildman–Crippen LogP) is 4.19. The number of benzene rings is 1. The number of ether oxygens (including phenoxy) is 1. The molecular formula is C33H45N5O5S. The number of thioether (sulfide) groups is 1. The van der Waals surface area contributed by atoms with Gasteiger partial charge in [-0.05, 0) is 57.1 Å². The monoisotopic (exact) mass is 623 g/mol.